The van der Waals surface area contributed by atoms with Gasteiger partial charge >= 0.3 is 6.09 Å². The zero-order valence-electron chi connectivity index (χ0n) is 13.4. The maximum atomic E-state index is 12.2. The number of pyridine rings is 1. The fraction of sp³-hybridized carbons (Fsp3) is 0.625. The molecule has 1 aromatic heterocycles. The van der Waals surface area contributed by atoms with E-state index < -0.39 is 5.60 Å². The molecule has 1 amide bonds. The van der Waals surface area contributed by atoms with Crippen molar-refractivity contribution in [1.29, 1.82) is 0 Å². The first-order valence-electron chi connectivity index (χ1n) is 7.70. The SMILES string of the molecule is CC(C)(C)OC(=O)N1CCN2Cc3cnccc3OCC2C1. The van der Waals surface area contributed by atoms with Crippen molar-refractivity contribution >= 4 is 6.09 Å². The number of aromatic nitrogens is 1. The van der Waals surface area contributed by atoms with Crippen LogP contribution in [0.5, 0.6) is 5.75 Å². The van der Waals surface area contributed by atoms with Crippen molar-refractivity contribution in [3.8, 4) is 5.75 Å². The Morgan fingerprint density at radius 3 is 3.00 bits per heavy atom. The van der Waals surface area contributed by atoms with Crippen LogP contribution in [0, 0.1) is 0 Å². The summed E-state index contributed by atoms with van der Waals surface area (Å²) in [6.45, 7) is 9.20. The third kappa shape index (κ3) is 3.32. The van der Waals surface area contributed by atoms with Gasteiger partial charge in [0.15, 0.2) is 0 Å². The average molecular weight is 305 g/mol. The van der Waals surface area contributed by atoms with Crippen molar-refractivity contribution in [2.24, 2.45) is 0 Å². The van der Waals surface area contributed by atoms with Gasteiger partial charge in [-0.25, -0.2) is 4.79 Å². The summed E-state index contributed by atoms with van der Waals surface area (Å²) in [7, 11) is 0. The van der Waals surface area contributed by atoms with E-state index in [1.54, 1.807) is 11.1 Å². The average Bonchev–Trinajstić information content (AvgIpc) is 2.63. The Bertz CT molecular complexity index is 556. The van der Waals surface area contributed by atoms with E-state index in [1.165, 1.54) is 0 Å². The molecule has 0 radical (unpaired) electrons. The second-order valence-electron chi connectivity index (χ2n) is 6.85. The standard InChI is InChI=1S/C16H23N3O3/c1-16(2,3)22-15(20)19-7-6-18-9-12-8-17-5-4-14(12)21-11-13(18)10-19/h4-5,8,13H,6-7,9-11H2,1-3H3. The fourth-order valence-corrected chi connectivity index (χ4v) is 2.83. The molecular weight excluding hydrogens is 282 g/mol. The number of hydrogen-bond donors (Lipinski definition) is 0. The first-order valence-corrected chi connectivity index (χ1v) is 7.70. The van der Waals surface area contributed by atoms with Gasteiger partial charge in [-0.15, -0.1) is 0 Å². The molecule has 0 bridgehead atoms. The summed E-state index contributed by atoms with van der Waals surface area (Å²) >= 11 is 0. The van der Waals surface area contributed by atoms with Gasteiger partial charge in [0.05, 0.1) is 6.04 Å². The molecule has 0 aromatic carbocycles. The first kappa shape index (κ1) is 15.1. The fourth-order valence-electron chi connectivity index (χ4n) is 2.83. The highest BCUT2D eigenvalue weighted by atomic mass is 16.6. The number of nitrogens with zero attached hydrogens (tertiary/aromatic N) is 3. The molecular formula is C16H23N3O3. The Labute approximate surface area is 131 Å². The van der Waals surface area contributed by atoms with E-state index in [0.717, 1.165) is 24.4 Å². The van der Waals surface area contributed by atoms with Crippen LogP contribution in [0.1, 0.15) is 26.3 Å². The zero-order chi connectivity index (χ0) is 15.7. The van der Waals surface area contributed by atoms with Crippen molar-refractivity contribution in [3.05, 3.63) is 24.0 Å². The van der Waals surface area contributed by atoms with E-state index in [-0.39, 0.29) is 12.1 Å². The lowest BCUT2D eigenvalue weighted by atomic mass is 10.1. The highest BCUT2D eigenvalue weighted by Gasteiger charge is 2.34. The van der Waals surface area contributed by atoms with Crippen molar-refractivity contribution < 1.29 is 14.3 Å². The minimum atomic E-state index is -0.462. The minimum Gasteiger partial charge on any atom is -0.491 e. The third-order valence-electron chi connectivity index (χ3n) is 3.92. The quantitative estimate of drug-likeness (QED) is 0.733. The topological polar surface area (TPSA) is 54.9 Å². The van der Waals surface area contributed by atoms with Gasteiger partial charge in [0.2, 0.25) is 0 Å². The number of rotatable bonds is 0. The van der Waals surface area contributed by atoms with E-state index >= 15 is 0 Å². The van der Waals surface area contributed by atoms with Crippen LogP contribution in [0.4, 0.5) is 4.79 Å². The maximum absolute atomic E-state index is 12.2. The normalized spacial score (nSPS) is 22.1. The molecule has 6 heteroatoms. The molecule has 3 rings (SSSR count). The molecule has 2 aliphatic heterocycles. The summed E-state index contributed by atoms with van der Waals surface area (Å²) in [6.07, 6.45) is 3.37. The summed E-state index contributed by atoms with van der Waals surface area (Å²) in [5.74, 6) is 0.896. The second-order valence-corrected chi connectivity index (χ2v) is 6.85. The number of piperazine rings is 1. The molecule has 1 fully saturated rings. The van der Waals surface area contributed by atoms with Crippen LogP contribution in [-0.4, -0.2) is 58.8 Å². The number of hydrogen-bond acceptors (Lipinski definition) is 5. The van der Waals surface area contributed by atoms with Crippen LogP contribution in [-0.2, 0) is 11.3 Å². The van der Waals surface area contributed by atoms with Crippen LogP contribution in [0.2, 0.25) is 0 Å². The highest BCUT2D eigenvalue weighted by molar-refractivity contribution is 5.68. The monoisotopic (exact) mass is 305 g/mol. The summed E-state index contributed by atoms with van der Waals surface area (Å²) in [5.41, 5.74) is 0.645. The number of carbonyl (C=O) groups is 1. The van der Waals surface area contributed by atoms with Gasteiger partial charge in [-0.3, -0.25) is 9.88 Å². The van der Waals surface area contributed by atoms with Gasteiger partial charge in [0.25, 0.3) is 0 Å². The molecule has 0 N–H and O–H groups in total. The molecule has 1 unspecified atom stereocenters. The van der Waals surface area contributed by atoms with Crippen LogP contribution in [0.3, 0.4) is 0 Å². The number of carbonyl (C=O) groups excluding carboxylic acids is 1. The largest absolute Gasteiger partial charge is 0.491 e. The Morgan fingerprint density at radius 2 is 2.23 bits per heavy atom. The van der Waals surface area contributed by atoms with Crippen LogP contribution >= 0.6 is 0 Å². The molecule has 0 saturated carbocycles. The van der Waals surface area contributed by atoms with Gasteiger partial charge < -0.3 is 14.4 Å². The number of amides is 1. The zero-order valence-corrected chi connectivity index (χ0v) is 13.4. The van der Waals surface area contributed by atoms with Crippen molar-refractivity contribution in [2.75, 3.05) is 26.2 Å². The maximum Gasteiger partial charge on any atom is 0.410 e. The van der Waals surface area contributed by atoms with E-state index in [4.69, 9.17) is 9.47 Å². The predicted molar refractivity (Wildman–Crippen MR) is 81.7 cm³/mol. The Morgan fingerprint density at radius 1 is 1.41 bits per heavy atom. The molecule has 6 nitrogen and oxygen atoms in total. The summed E-state index contributed by atoms with van der Waals surface area (Å²) in [5, 5.41) is 0. The molecule has 0 spiro atoms. The molecule has 1 saturated heterocycles. The molecule has 1 atom stereocenters. The molecule has 1 aromatic rings. The Kier molecular flexibility index (Phi) is 3.95. The smallest absolute Gasteiger partial charge is 0.410 e. The number of ether oxygens (including phenoxy) is 2. The number of fused-ring (bicyclic) bond motifs is 2. The molecule has 22 heavy (non-hydrogen) atoms. The van der Waals surface area contributed by atoms with Gasteiger partial charge in [0.1, 0.15) is 18.0 Å². The molecule has 2 aliphatic rings. The molecule has 0 aliphatic carbocycles. The van der Waals surface area contributed by atoms with Gasteiger partial charge in [-0.05, 0) is 26.8 Å². The first-order chi connectivity index (χ1) is 10.4. The van der Waals surface area contributed by atoms with Crippen LogP contribution in [0.25, 0.3) is 0 Å². The van der Waals surface area contributed by atoms with Gasteiger partial charge in [0, 0.05) is 44.1 Å². The summed E-state index contributed by atoms with van der Waals surface area (Å²) in [4.78, 5) is 20.5. The van der Waals surface area contributed by atoms with Crippen molar-refractivity contribution in [2.45, 2.75) is 39.0 Å². The third-order valence-corrected chi connectivity index (χ3v) is 3.92. The van der Waals surface area contributed by atoms with E-state index in [2.05, 4.69) is 9.88 Å². The predicted octanol–water partition coefficient (Wildman–Crippen LogP) is 1.90. The summed E-state index contributed by atoms with van der Waals surface area (Å²) in [6, 6.07) is 2.09. The van der Waals surface area contributed by atoms with Crippen molar-refractivity contribution in [3.63, 3.8) is 0 Å². The summed E-state index contributed by atoms with van der Waals surface area (Å²) < 4.78 is 11.4. The Balaban J connectivity index is 1.66. The molecule has 120 valence electrons. The lowest BCUT2D eigenvalue weighted by Gasteiger charge is -2.40. The Hall–Kier alpha value is -1.82. The van der Waals surface area contributed by atoms with E-state index in [0.29, 0.717) is 19.7 Å². The lowest BCUT2D eigenvalue weighted by molar-refractivity contribution is -0.00154. The molecule has 3 heterocycles. The van der Waals surface area contributed by atoms with Crippen LogP contribution in [0.15, 0.2) is 18.5 Å². The highest BCUT2D eigenvalue weighted by Crippen LogP contribution is 2.26. The van der Waals surface area contributed by atoms with E-state index in [9.17, 15) is 4.79 Å². The van der Waals surface area contributed by atoms with Gasteiger partial charge in [-0.2, -0.15) is 0 Å². The van der Waals surface area contributed by atoms with E-state index in [1.807, 2.05) is 33.0 Å². The second kappa shape index (κ2) is 5.76. The van der Waals surface area contributed by atoms with Gasteiger partial charge in [-0.1, -0.05) is 0 Å². The van der Waals surface area contributed by atoms with Crippen LogP contribution < -0.4 is 4.74 Å². The lowest BCUT2D eigenvalue weighted by Crippen LogP contribution is -2.56. The van der Waals surface area contributed by atoms with Crippen molar-refractivity contribution in [1.82, 2.24) is 14.8 Å². The minimum absolute atomic E-state index is 0.189.